The van der Waals surface area contributed by atoms with Crippen molar-refractivity contribution in [1.29, 1.82) is 0 Å². The fraction of sp³-hybridized carbons (Fsp3) is 0.917. The second kappa shape index (κ2) is 5.88. The van der Waals surface area contributed by atoms with Gasteiger partial charge in [0.15, 0.2) is 0 Å². The van der Waals surface area contributed by atoms with Gasteiger partial charge in [0.05, 0.1) is 0 Å². The van der Waals surface area contributed by atoms with Crippen LogP contribution in [0, 0.1) is 59.2 Å². The van der Waals surface area contributed by atoms with Gasteiger partial charge in [-0.3, -0.25) is 0 Å². The zero-order valence-electron chi connectivity index (χ0n) is 16.1. The van der Waals surface area contributed by atoms with E-state index in [0.29, 0.717) is 0 Å². The van der Waals surface area contributed by atoms with Crippen LogP contribution in [-0.2, 0) is 0 Å². The molecule has 0 saturated heterocycles. The third-order valence-corrected chi connectivity index (χ3v) is 9.90. The second-order valence-corrected chi connectivity index (χ2v) is 10.6. The van der Waals surface area contributed by atoms with Crippen LogP contribution < -0.4 is 0 Å². The van der Waals surface area contributed by atoms with Crippen LogP contribution in [0.2, 0.25) is 0 Å². The highest BCUT2D eigenvalue weighted by molar-refractivity contribution is 5.23. The van der Waals surface area contributed by atoms with E-state index in [2.05, 4.69) is 13.8 Å². The summed E-state index contributed by atoms with van der Waals surface area (Å²) in [5, 5.41) is 0. The summed E-state index contributed by atoms with van der Waals surface area (Å²) in [6.45, 7) is 10.0. The van der Waals surface area contributed by atoms with Crippen molar-refractivity contribution in [2.75, 3.05) is 0 Å². The van der Waals surface area contributed by atoms with Gasteiger partial charge in [-0.25, -0.2) is 0 Å². The second-order valence-electron chi connectivity index (χ2n) is 10.6. The molecule has 0 aromatic heterocycles. The molecule has 5 aliphatic rings. The monoisotopic (exact) mass is 326 g/mol. The van der Waals surface area contributed by atoms with Gasteiger partial charge in [-0.15, -0.1) is 0 Å². The van der Waals surface area contributed by atoms with Crippen LogP contribution in [0.1, 0.15) is 78.1 Å². The van der Waals surface area contributed by atoms with Gasteiger partial charge < -0.3 is 0 Å². The van der Waals surface area contributed by atoms with E-state index in [0.717, 1.165) is 59.2 Å². The van der Waals surface area contributed by atoms with E-state index in [1.807, 2.05) is 0 Å². The van der Waals surface area contributed by atoms with Gasteiger partial charge in [0.1, 0.15) is 0 Å². The van der Waals surface area contributed by atoms with Crippen molar-refractivity contribution in [1.82, 2.24) is 0 Å². The average Bonchev–Trinajstić information content (AvgIpc) is 2.88. The van der Waals surface area contributed by atoms with E-state index >= 15 is 0 Å². The minimum absolute atomic E-state index is 0.891. The fourth-order valence-electron chi connectivity index (χ4n) is 9.08. The molecule has 0 spiro atoms. The SMILES string of the molecule is C=C1C2C(CC3CCCC[C@@H]3C2C)C2C[C@H]3CCCC[C@H]3C(C)C12. The molecule has 0 bridgehead atoms. The minimum Gasteiger partial charge on any atom is -0.0993 e. The molecular formula is C24H38. The zero-order chi connectivity index (χ0) is 16.4. The number of hydrogen-bond donors (Lipinski definition) is 0. The summed E-state index contributed by atoms with van der Waals surface area (Å²) in [4.78, 5) is 0. The summed E-state index contributed by atoms with van der Waals surface area (Å²) >= 11 is 0. The van der Waals surface area contributed by atoms with Gasteiger partial charge in [0.2, 0.25) is 0 Å². The molecular weight excluding hydrogens is 288 g/mol. The lowest BCUT2D eigenvalue weighted by Crippen LogP contribution is -2.42. The predicted octanol–water partition coefficient (Wildman–Crippen LogP) is 6.71. The van der Waals surface area contributed by atoms with E-state index in [4.69, 9.17) is 6.58 Å². The molecule has 0 radical (unpaired) electrons. The summed E-state index contributed by atoms with van der Waals surface area (Å²) in [5.41, 5.74) is 1.73. The summed E-state index contributed by atoms with van der Waals surface area (Å²) in [6, 6.07) is 0. The van der Waals surface area contributed by atoms with Crippen LogP contribution in [0.4, 0.5) is 0 Å². The van der Waals surface area contributed by atoms with E-state index in [1.165, 1.54) is 38.5 Å². The van der Waals surface area contributed by atoms with Gasteiger partial charge in [0, 0.05) is 0 Å². The summed E-state index contributed by atoms with van der Waals surface area (Å²) in [5.74, 6) is 9.89. The molecule has 0 aromatic carbocycles. The molecule has 0 amide bonds. The molecule has 134 valence electrons. The highest BCUT2D eigenvalue weighted by atomic mass is 14.6. The van der Waals surface area contributed by atoms with Crippen molar-refractivity contribution >= 4 is 0 Å². The van der Waals surface area contributed by atoms with Crippen LogP contribution in [0.3, 0.4) is 0 Å². The normalized spacial score (nSPS) is 56.8. The van der Waals surface area contributed by atoms with Gasteiger partial charge in [-0.2, -0.15) is 0 Å². The molecule has 5 rings (SSSR count). The van der Waals surface area contributed by atoms with Crippen molar-refractivity contribution in [2.24, 2.45) is 59.2 Å². The molecule has 5 fully saturated rings. The molecule has 10 atom stereocenters. The maximum Gasteiger partial charge on any atom is -0.0143 e. The minimum atomic E-state index is 0.891. The first-order chi connectivity index (χ1) is 11.7. The van der Waals surface area contributed by atoms with Crippen molar-refractivity contribution in [3.05, 3.63) is 12.2 Å². The smallest absolute Gasteiger partial charge is 0.0143 e. The molecule has 0 nitrogen and oxygen atoms in total. The molecule has 0 aromatic rings. The lowest BCUT2D eigenvalue weighted by molar-refractivity contribution is -0.00725. The van der Waals surface area contributed by atoms with Crippen molar-refractivity contribution in [3.8, 4) is 0 Å². The number of rotatable bonds is 0. The maximum absolute atomic E-state index is 4.80. The van der Waals surface area contributed by atoms with Gasteiger partial charge in [-0.1, -0.05) is 64.5 Å². The van der Waals surface area contributed by atoms with E-state index in [9.17, 15) is 0 Å². The van der Waals surface area contributed by atoms with Gasteiger partial charge in [0.25, 0.3) is 0 Å². The standard InChI is InChI=1S/C24H38/c1-14-19-10-6-4-8-17(19)12-21-22-13-18-9-5-7-11-20(18)15(2)24(22)16(3)23(14)21/h14-15,17-24H,3-13H2,1-2H3/t14?,15?,17-,18?,19+,20-,21?,22?,23?,24?/m1/s1. The quantitative estimate of drug-likeness (QED) is 0.434. The molecule has 5 saturated carbocycles. The Morgan fingerprint density at radius 1 is 0.625 bits per heavy atom. The third kappa shape index (κ3) is 2.16. The zero-order valence-corrected chi connectivity index (χ0v) is 16.1. The average molecular weight is 327 g/mol. The van der Waals surface area contributed by atoms with E-state index < -0.39 is 0 Å². The first kappa shape index (κ1) is 16.0. The molecule has 5 aliphatic carbocycles. The van der Waals surface area contributed by atoms with Crippen molar-refractivity contribution in [2.45, 2.75) is 78.1 Å². The summed E-state index contributed by atoms with van der Waals surface area (Å²) < 4.78 is 0. The molecule has 0 heterocycles. The Bertz CT molecular complexity index is 460. The lowest BCUT2D eigenvalue weighted by atomic mass is 9.55. The van der Waals surface area contributed by atoms with Gasteiger partial charge >= 0.3 is 0 Å². The summed E-state index contributed by atoms with van der Waals surface area (Å²) in [7, 11) is 0. The van der Waals surface area contributed by atoms with Crippen LogP contribution in [0.25, 0.3) is 0 Å². The predicted molar refractivity (Wildman–Crippen MR) is 102 cm³/mol. The fourth-order valence-corrected chi connectivity index (χ4v) is 9.08. The largest absolute Gasteiger partial charge is 0.0993 e. The number of hydrogen-bond acceptors (Lipinski definition) is 0. The topological polar surface area (TPSA) is 0 Å². The Hall–Kier alpha value is -0.260. The Labute approximate surface area is 149 Å². The van der Waals surface area contributed by atoms with Crippen LogP contribution in [0.5, 0.6) is 0 Å². The maximum atomic E-state index is 4.80. The molecule has 0 aliphatic heterocycles. The Kier molecular flexibility index (Phi) is 3.91. The molecule has 0 N–H and O–H groups in total. The third-order valence-electron chi connectivity index (χ3n) is 9.90. The highest BCUT2D eigenvalue weighted by Gasteiger charge is 2.58. The molecule has 7 unspecified atom stereocenters. The highest BCUT2D eigenvalue weighted by Crippen LogP contribution is 2.65. The first-order valence-corrected chi connectivity index (χ1v) is 11.4. The Morgan fingerprint density at radius 2 is 1.04 bits per heavy atom. The molecule has 24 heavy (non-hydrogen) atoms. The first-order valence-electron chi connectivity index (χ1n) is 11.4. The Balaban J connectivity index is 1.46. The lowest BCUT2D eigenvalue weighted by Gasteiger charge is -2.50. The Morgan fingerprint density at radius 3 is 1.50 bits per heavy atom. The van der Waals surface area contributed by atoms with Crippen molar-refractivity contribution < 1.29 is 0 Å². The van der Waals surface area contributed by atoms with E-state index in [-0.39, 0.29) is 0 Å². The van der Waals surface area contributed by atoms with Crippen LogP contribution in [-0.4, -0.2) is 0 Å². The summed E-state index contributed by atoms with van der Waals surface area (Å²) in [6.07, 6.45) is 15.3. The number of fused-ring (bicyclic) bond motifs is 5. The van der Waals surface area contributed by atoms with E-state index in [1.54, 1.807) is 31.3 Å². The van der Waals surface area contributed by atoms with Crippen LogP contribution >= 0.6 is 0 Å². The molecule has 0 heteroatoms. The van der Waals surface area contributed by atoms with Gasteiger partial charge in [-0.05, 0) is 84.9 Å². The number of allylic oxidation sites excluding steroid dienone is 1. The van der Waals surface area contributed by atoms with Crippen molar-refractivity contribution in [3.63, 3.8) is 0 Å². The van der Waals surface area contributed by atoms with Crippen LogP contribution in [0.15, 0.2) is 12.2 Å².